The highest BCUT2D eigenvalue weighted by molar-refractivity contribution is 5.71. The lowest BCUT2D eigenvalue weighted by Crippen LogP contribution is -2.30. The van der Waals surface area contributed by atoms with E-state index in [4.69, 9.17) is 14.2 Å². The van der Waals surface area contributed by atoms with Crippen LogP contribution in [0.25, 0.3) is 0 Å². The minimum absolute atomic E-state index is 0.0959. The summed E-state index contributed by atoms with van der Waals surface area (Å²) in [6.07, 6.45) is 90.2. The Morgan fingerprint density at radius 1 is 0.273 bits per heavy atom. The smallest absolute Gasteiger partial charge is 0.306 e. The fraction of sp³-hybridized carbons (Fsp3) is 0.648. The van der Waals surface area contributed by atoms with E-state index in [9.17, 15) is 14.4 Å². The number of hydrogen-bond donors (Lipinski definition) is 0. The summed E-state index contributed by atoms with van der Waals surface area (Å²) >= 11 is 0. The first kappa shape index (κ1) is 72.5. The summed E-state index contributed by atoms with van der Waals surface area (Å²) in [6.45, 7) is 6.39. The van der Waals surface area contributed by atoms with Gasteiger partial charge in [-0.1, -0.05) is 276 Å². The van der Waals surface area contributed by atoms with Crippen molar-refractivity contribution >= 4 is 17.9 Å². The number of ether oxygens (including phenoxy) is 3. The molecule has 0 aromatic rings. The van der Waals surface area contributed by atoms with Gasteiger partial charge in [-0.15, -0.1) is 0 Å². The third-order valence-electron chi connectivity index (χ3n) is 13.2. The molecular weight excluding hydrogens is 949 g/mol. The molecule has 0 aliphatic carbocycles. The molecule has 436 valence electrons. The second kappa shape index (κ2) is 64.1. The zero-order chi connectivity index (χ0) is 55.7. The molecule has 77 heavy (non-hydrogen) atoms. The molecule has 0 fully saturated rings. The lowest BCUT2D eigenvalue weighted by atomic mass is 10.0. The maximum absolute atomic E-state index is 12.9. The van der Waals surface area contributed by atoms with Gasteiger partial charge in [0.25, 0.3) is 0 Å². The molecule has 0 saturated heterocycles. The van der Waals surface area contributed by atoms with E-state index in [2.05, 4.69) is 154 Å². The van der Waals surface area contributed by atoms with Gasteiger partial charge in [-0.25, -0.2) is 0 Å². The molecule has 6 nitrogen and oxygen atoms in total. The summed E-state index contributed by atoms with van der Waals surface area (Å²) in [4.78, 5) is 38.3. The van der Waals surface area contributed by atoms with E-state index in [-0.39, 0.29) is 31.1 Å². The summed E-state index contributed by atoms with van der Waals surface area (Å²) < 4.78 is 16.9. The van der Waals surface area contributed by atoms with Crippen LogP contribution < -0.4 is 0 Å². The largest absolute Gasteiger partial charge is 0.462 e. The van der Waals surface area contributed by atoms with Crippen molar-refractivity contribution in [2.45, 2.75) is 284 Å². The number of allylic oxidation sites excluding steroid dienone is 22. The van der Waals surface area contributed by atoms with Gasteiger partial charge < -0.3 is 14.2 Å². The third kappa shape index (κ3) is 62.3. The Hall–Kier alpha value is -4.45. The van der Waals surface area contributed by atoms with Crippen LogP contribution in [-0.2, 0) is 28.6 Å². The molecule has 0 radical (unpaired) electrons. The Balaban J connectivity index is 4.43. The quantitative estimate of drug-likeness (QED) is 0.0261. The van der Waals surface area contributed by atoms with Gasteiger partial charge in [-0.3, -0.25) is 14.4 Å². The Kier molecular flexibility index (Phi) is 60.4. The minimum atomic E-state index is -0.804. The molecule has 0 bridgehead atoms. The Morgan fingerprint density at radius 3 is 0.792 bits per heavy atom. The molecule has 0 saturated carbocycles. The molecule has 0 spiro atoms. The first-order chi connectivity index (χ1) is 38.0. The van der Waals surface area contributed by atoms with Crippen LogP contribution in [0.2, 0.25) is 0 Å². The van der Waals surface area contributed by atoms with Gasteiger partial charge in [0.1, 0.15) is 13.2 Å². The van der Waals surface area contributed by atoms with Gasteiger partial charge in [0, 0.05) is 19.3 Å². The Labute approximate surface area is 475 Å². The van der Waals surface area contributed by atoms with Crippen molar-refractivity contribution in [2.24, 2.45) is 0 Å². The number of carbonyl (C=O) groups is 3. The highest BCUT2D eigenvalue weighted by atomic mass is 16.6. The summed E-state index contributed by atoms with van der Waals surface area (Å²) in [7, 11) is 0. The molecule has 0 aromatic heterocycles. The number of carbonyl (C=O) groups excluding carboxylic acids is 3. The van der Waals surface area contributed by atoms with E-state index in [1.807, 2.05) is 0 Å². The highest BCUT2D eigenvalue weighted by Crippen LogP contribution is 2.15. The van der Waals surface area contributed by atoms with Crippen LogP contribution in [0.1, 0.15) is 278 Å². The average molecular weight is 1070 g/mol. The standard InChI is InChI=1S/C71H116O6/c1-4-7-10-13-16-19-22-25-28-30-31-32-33-34-35-36-37-38-39-41-43-46-49-52-55-58-61-64-70(73)76-67-68(66-75-69(72)63-60-57-54-51-48-45-42-27-24-21-18-15-12-9-6-3)77-71(74)65-62-59-56-53-50-47-44-40-29-26-23-20-17-14-11-8-5-2/h7-8,10-11,16-17,19-20,25-26,28-29,31-32,34-35,37-38,41,43-44,47,68H,4-6,9,12-15,18,21-24,27,30,33,36,39-40,42,45-46,48-67H2,1-3H3/b10-7-,11-8-,19-16-,20-17-,28-25-,29-26-,32-31-,35-34-,38-37-,43-41-,47-44-. The van der Waals surface area contributed by atoms with Crippen LogP contribution in [0.5, 0.6) is 0 Å². The molecule has 0 aliphatic rings. The predicted octanol–water partition coefficient (Wildman–Crippen LogP) is 21.8. The van der Waals surface area contributed by atoms with Crippen LogP contribution >= 0.6 is 0 Å². The topological polar surface area (TPSA) is 78.9 Å². The van der Waals surface area contributed by atoms with Crippen LogP contribution in [0.15, 0.2) is 134 Å². The van der Waals surface area contributed by atoms with Crippen molar-refractivity contribution in [3.05, 3.63) is 134 Å². The maximum Gasteiger partial charge on any atom is 0.306 e. The normalized spacial score (nSPS) is 13.0. The molecule has 0 aliphatic heterocycles. The van der Waals surface area contributed by atoms with Crippen molar-refractivity contribution in [1.82, 2.24) is 0 Å². The van der Waals surface area contributed by atoms with Crippen LogP contribution in [0.4, 0.5) is 0 Å². The first-order valence-corrected chi connectivity index (χ1v) is 31.7. The first-order valence-electron chi connectivity index (χ1n) is 31.7. The minimum Gasteiger partial charge on any atom is -0.462 e. The van der Waals surface area contributed by atoms with E-state index >= 15 is 0 Å². The van der Waals surface area contributed by atoms with E-state index < -0.39 is 6.10 Å². The monoisotopic (exact) mass is 1060 g/mol. The van der Waals surface area contributed by atoms with Gasteiger partial charge in [0.15, 0.2) is 6.10 Å². The van der Waals surface area contributed by atoms with Crippen molar-refractivity contribution in [3.8, 4) is 0 Å². The lowest BCUT2D eigenvalue weighted by Gasteiger charge is -2.18. The van der Waals surface area contributed by atoms with Crippen molar-refractivity contribution in [1.29, 1.82) is 0 Å². The van der Waals surface area contributed by atoms with Gasteiger partial charge in [0.05, 0.1) is 0 Å². The highest BCUT2D eigenvalue weighted by Gasteiger charge is 2.19. The fourth-order valence-corrected chi connectivity index (χ4v) is 8.47. The predicted molar refractivity (Wildman–Crippen MR) is 334 cm³/mol. The summed E-state index contributed by atoms with van der Waals surface area (Å²) in [5.41, 5.74) is 0. The van der Waals surface area contributed by atoms with E-state index in [0.29, 0.717) is 19.3 Å². The SMILES string of the molecule is CC/C=C\C/C=C\C/C=C\C/C=C\C/C=C\C/C=C\C/C=C\CCCCCCCC(=O)OCC(COC(=O)CCCCCCCCCCCCCCCCC)OC(=O)CCCCCC/C=C\C/C=C\C/C=C\C/C=C\CC. The molecule has 1 atom stereocenters. The number of rotatable bonds is 56. The third-order valence-corrected chi connectivity index (χ3v) is 13.2. The van der Waals surface area contributed by atoms with Crippen molar-refractivity contribution in [3.63, 3.8) is 0 Å². The molecule has 0 rings (SSSR count). The summed E-state index contributed by atoms with van der Waals surface area (Å²) in [6, 6.07) is 0. The average Bonchev–Trinajstić information content (AvgIpc) is 3.43. The number of hydrogen-bond acceptors (Lipinski definition) is 6. The molecule has 6 heteroatoms. The van der Waals surface area contributed by atoms with E-state index in [1.54, 1.807) is 0 Å². The lowest BCUT2D eigenvalue weighted by molar-refractivity contribution is -0.167. The molecule has 0 heterocycles. The van der Waals surface area contributed by atoms with Crippen LogP contribution in [0.3, 0.4) is 0 Å². The molecule has 0 aromatic carbocycles. The second-order valence-electron chi connectivity index (χ2n) is 20.6. The van der Waals surface area contributed by atoms with Crippen LogP contribution in [0, 0.1) is 0 Å². The summed E-state index contributed by atoms with van der Waals surface area (Å²) in [5, 5.41) is 0. The number of unbranched alkanes of at least 4 members (excludes halogenated alkanes) is 23. The van der Waals surface area contributed by atoms with E-state index in [1.165, 1.54) is 77.0 Å². The second-order valence-corrected chi connectivity index (χ2v) is 20.6. The molecule has 0 amide bonds. The molecule has 1 unspecified atom stereocenters. The zero-order valence-corrected chi connectivity index (χ0v) is 49.9. The van der Waals surface area contributed by atoms with Crippen molar-refractivity contribution in [2.75, 3.05) is 13.2 Å². The fourth-order valence-electron chi connectivity index (χ4n) is 8.47. The van der Waals surface area contributed by atoms with Crippen LogP contribution in [-0.4, -0.2) is 37.2 Å². The summed E-state index contributed by atoms with van der Waals surface area (Å²) in [5.74, 6) is -0.937. The molecular formula is C71H116O6. The van der Waals surface area contributed by atoms with E-state index in [0.717, 1.165) is 161 Å². The van der Waals surface area contributed by atoms with Crippen molar-refractivity contribution < 1.29 is 28.6 Å². The number of esters is 3. The van der Waals surface area contributed by atoms with Gasteiger partial charge in [0.2, 0.25) is 0 Å². The van der Waals surface area contributed by atoms with Gasteiger partial charge >= 0.3 is 17.9 Å². The van der Waals surface area contributed by atoms with Gasteiger partial charge in [-0.05, 0) is 116 Å². The Morgan fingerprint density at radius 2 is 0.506 bits per heavy atom. The zero-order valence-electron chi connectivity index (χ0n) is 49.9. The molecule has 0 N–H and O–H groups in total. The van der Waals surface area contributed by atoms with Gasteiger partial charge in [-0.2, -0.15) is 0 Å². The maximum atomic E-state index is 12.9. The Bertz CT molecular complexity index is 1650.